The van der Waals surface area contributed by atoms with E-state index >= 15 is 0 Å². The zero-order valence-corrected chi connectivity index (χ0v) is 10.4. The van der Waals surface area contributed by atoms with Crippen molar-refractivity contribution < 1.29 is 14.7 Å². The Morgan fingerprint density at radius 3 is 2.41 bits per heavy atom. The second-order valence-electron chi connectivity index (χ2n) is 5.18. The molecule has 0 bridgehead atoms. The van der Waals surface area contributed by atoms with Crippen LogP contribution in [0.4, 0.5) is 0 Å². The predicted octanol–water partition coefficient (Wildman–Crippen LogP) is 1.32. The summed E-state index contributed by atoms with van der Waals surface area (Å²) in [4.78, 5) is 25.4. The molecule has 0 aromatic rings. The SMILES string of the molecule is CCC(O)CCCN1C(=O)C2CCCC2C1=O. The molecule has 2 aliphatic rings. The van der Waals surface area contributed by atoms with Gasteiger partial charge in [-0.3, -0.25) is 14.5 Å². The number of carbonyl (C=O) groups excluding carboxylic acids is 2. The van der Waals surface area contributed by atoms with Gasteiger partial charge in [-0.25, -0.2) is 0 Å². The number of rotatable bonds is 5. The third-order valence-electron chi connectivity index (χ3n) is 4.07. The minimum Gasteiger partial charge on any atom is -0.393 e. The van der Waals surface area contributed by atoms with Crippen LogP contribution in [0, 0.1) is 11.8 Å². The van der Waals surface area contributed by atoms with Gasteiger partial charge >= 0.3 is 0 Å². The second-order valence-corrected chi connectivity index (χ2v) is 5.18. The lowest BCUT2D eigenvalue weighted by Crippen LogP contribution is -2.33. The standard InChI is InChI=1S/C13H21NO3/c1-2-9(15)5-4-8-14-12(16)10-6-3-7-11(10)13(14)17/h9-11,15H,2-8H2,1H3. The molecule has 1 N–H and O–H groups in total. The Morgan fingerprint density at radius 1 is 1.29 bits per heavy atom. The number of aliphatic hydroxyl groups excluding tert-OH is 1. The third-order valence-corrected chi connectivity index (χ3v) is 4.07. The Balaban J connectivity index is 1.85. The van der Waals surface area contributed by atoms with Crippen LogP contribution in [0.1, 0.15) is 45.4 Å². The van der Waals surface area contributed by atoms with Gasteiger partial charge in [0.1, 0.15) is 0 Å². The summed E-state index contributed by atoms with van der Waals surface area (Å²) in [6.07, 6.45) is 4.58. The van der Waals surface area contributed by atoms with Crippen molar-refractivity contribution in [3.8, 4) is 0 Å². The number of imide groups is 1. The minimum atomic E-state index is -0.303. The monoisotopic (exact) mass is 239 g/mol. The van der Waals surface area contributed by atoms with E-state index in [1.54, 1.807) is 0 Å². The first-order valence-electron chi connectivity index (χ1n) is 6.68. The normalized spacial score (nSPS) is 29.9. The van der Waals surface area contributed by atoms with E-state index in [9.17, 15) is 14.7 Å². The van der Waals surface area contributed by atoms with Crippen molar-refractivity contribution >= 4 is 11.8 Å². The Morgan fingerprint density at radius 2 is 1.88 bits per heavy atom. The van der Waals surface area contributed by atoms with E-state index < -0.39 is 0 Å². The number of hydrogen-bond acceptors (Lipinski definition) is 3. The summed E-state index contributed by atoms with van der Waals surface area (Å²) in [5.41, 5.74) is 0. The van der Waals surface area contributed by atoms with Crippen molar-refractivity contribution in [2.75, 3.05) is 6.54 Å². The first kappa shape index (κ1) is 12.6. The summed E-state index contributed by atoms with van der Waals surface area (Å²) in [5.74, 6) is 0.00386. The lowest BCUT2D eigenvalue weighted by molar-refractivity contribution is -0.140. The molecule has 1 saturated heterocycles. The van der Waals surface area contributed by atoms with Gasteiger partial charge in [0.2, 0.25) is 11.8 Å². The summed E-state index contributed by atoms with van der Waals surface area (Å²) in [7, 11) is 0. The molecule has 2 rings (SSSR count). The van der Waals surface area contributed by atoms with Crippen LogP contribution in [0.2, 0.25) is 0 Å². The van der Waals surface area contributed by atoms with Crippen molar-refractivity contribution in [3.05, 3.63) is 0 Å². The van der Waals surface area contributed by atoms with Crippen molar-refractivity contribution in [1.29, 1.82) is 0 Å². The van der Waals surface area contributed by atoms with E-state index in [1.165, 1.54) is 4.90 Å². The van der Waals surface area contributed by atoms with Crippen LogP contribution in [0.5, 0.6) is 0 Å². The van der Waals surface area contributed by atoms with E-state index in [0.717, 1.165) is 25.7 Å². The smallest absolute Gasteiger partial charge is 0.233 e. The molecule has 1 heterocycles. The Labute approximate surface area is 102 Å². The van der Waals surface area contributed by atoms with Crippen molar-refractivity contribution in [3.63, 3.8) is 0 Å². The van der Waals surface area contributed by atoms with Crippen LogP contribution < -0.4 is 0 Å². The zero-order valence-electron chi connectivity index (χ0n) is 10.4. The molecule has 3 unspecified atom stereocenters. The molecular weight excluding hydrogens is 218 g/mol. The molecule has 96 valence electrons. The molecule has 4 heteroatoms. The maximum absolute atomic E-state index is 12.0. The van der Waals surface area contributed by atoms with Gasteiger partial charge in [0.05, 0.1) is 17.9 Å². The van der Waals surface area contributed by atoms with Crippen LogP contribution in [-0.2, 0) is 9.59 Å². The van der Waals surface area contributed by atoms with Crippen molar-refractivity contribution in [1.82, 2.24) is 4.90 Å². The maximum Gasteiger partial charge on any atom is 0.233 e. The van der Waals surface area contributed by atoms with E-state index in [1.807, 2.05) is 6.92 Å². The molecule has 0 spiro atoms. The van der Waals surface area contributed by atoms with E-state index in [-0.39, 0.29) is 29.8 Å². The van der Waals surface area contributed by atoms with Gasteiger partial charge in [-0.2, -0.15) is 0 Å². The summed E-state index contributed by atoms with van der Waals surface area (Å²) < 4.78 is 0. The fourth-order valence-corrected chi connectivity index (χ4v) is 2.97. The largest absolute Gasteiger partial charge is 0.393 e. The van der Waals surface area contributed by atoms with Crippen molar-refractivity contribution in [2.24, 2.45) is 11.8 Å². The van der Waals surface area contributed by atoms with Crippen LogP contribution >= 0.6 is 0 Å². The number of likely N-dealkylation sites (tertiary alicyclic amines) is 1. The molecule has 17 heavy (non-hydrogen) atoms. The number of fused-ring (bicyclic) bond motifs is 1. The number of nitrogens with zero attached hydrogens (tertiary/aromatic N) is 1. The fraction of sp³-hybridized carbons (Fsp3) is 0.846. The fourth-order valence-electron chi connectivity index (χ4n) is 2.97. The number of hydrogen-bond donors (Lipinski definition) is 1. The molecular formula is C13H21NO3. The Hall–Kier alpha value is -0.900. The van der Waals surface area contributed by atoms with Crippen molar-refractivity contribution in [2.45, 2.75) is 51.6 Å². The molecule has 1 aliphatic heterocycles. The van der Waals surface area contributed by atoms with E-state index in [2.05, 4.69) is 0 Å². The Kier molecular flexibility index (Phi) is 3.82. The lowest BCUT2D eigenvalue weighted by atomic mass is 10.00. The predicted molar refractivity (Wildman–Crippen MR) is 63.1 cm³/mol. The van der Waals surface area contributed by atoms with Crippen LogP contribution in [-0.4, -0.2) is 34.5 Å². The molecule has 0 aromatic heterocycles. The van der Waals surface area contributed by atoms with Gasteiger partial charge < -0.3 is 5.11 Å². The molecule has 4 nitrogen and oxygen atoms in total. The summed E-state index contributed by atoms with van der Waals surface area (Å²) in [5, 5.41) is 9.44. The van der Waals surface area contributed by atoms with Gasteiger partial charge in [0.15, 0.2) is 0 Å². The van der Waals surface area contributed by atoms with E-state index in [0.29, 0.717) is 19.4 Å². The molecule has 0 radical (unpaired) electrons. The molecule has 3 atom stereocenters. The number of amides is 2. The highest BCUT2D eigenvalue weighted by Crippen LogP contribution is 2.39. The average Bonchev–Trinajstić information content (AvgIpc) is 2.88. The Bertz CT molecular complexity index is 294. The van der Waals surface area contributed by atoms with Gasteiger partial charge in [-0.05, 0) is 32.1 Å². The third kappa shape index (κ3) is 2.37. The topological polar surface area (TPSA) is 57.6 Å². The molecule has 1 aliphatic carbocycles. The lowest BCUT2D eigenvalue weighted by Gasteiger charge is -2.16. The summed E-state index contributed by atoms with van der Waals surface area (Å²) in [6, 6.07) is 0. The molecule has 0 aromatic carbocycles. The maximum atomic E-state index is 12.0. The first-order valence-corrected chi connectivity index (χ1v) is 6.68. The molecule has 1 saturated carbocycles. The highest BCUT2D eigenvalue weighted by molar-refractivity contribution is 6.05. The van der Waals surface area contributed by atoms with Gasteiger partial charge in [0, 0.05) is 6.54 Å². The van der Waals surface area contributed by atoms with Gasteiger partial charge in [-0.15, -0.1) is 0 Å². The van der Waals surface area contributed by atoms with E-state index in [4.69, 9.17) is 0 Å². The van der Waals surface area contributed by atoms with Gasteiger partial charge in [-0.1, -0.05) is 13.3 Å². The molecule has 2 fully saturated rings. The van der Waals surface area contributed by atoms with Crippen LogP contribution in [0.15, 0.2) is 0 Å². The highest BCUT2D eigenvalue weighted by atomic mass is 16.3. The summed E-state index contributed by atoms with van der Waals surface area (Å²) in [6.45, 7) is 2.42. The van der Waals surface area contributed by atoms with Gasteiger partial charge in [0.25, 0.3) is 0 Å². The zero-order chi connectivity index (χ0) is 12.4. The minimum absolute atomic E-state index is 0.0291. The second kappa shape index (κ2) is 5.17. The average molecular weight is 239 g/mol. The number of carbonyl (C=O) groups is 2. The molecule has 2 amide bonds. The quantitative estimate of drug-likeness (QED) is 0.736. The van der Waals surface area contributed by atoms with Crippen LogP contribution in [0.25, 0.3) is 0 Å². The first-order chi connectivity index (χ1) is 8.15. The number of aliphatic hydroxyl groups is 1. The summed E-state index contributed by atoms with van der Waals surface area (Å²) >= 11 is 0. The highest BCUT2D eigenvalue weighted by Gasteiger charge is 2.49. The van der Waals surface area contributed by atoms with Crippen LogP contribution in [0.3, 0.4) is 0 Å².